The molecule has 1 heterocycles. The summed E-state index contributed by atoms with van der Waals surface area (Å²) in [7, 11) is 0. The van der Waals surface area contributed by atoms with E-state index in [1.54, 1.807) is 19.1 Å². The van der Waals surface area contributed by atoms with Crippen LogP contribution < -0.4 is 0 Å². The summed E-state index contributed by atoms with van der Waals surface area (Å²) in [6.07, 6.45) is -0.687. The van der Waals surface area contributed by atoms with Crippen molar-refractivity contribution in [1.82, 2.24) is 4.90 Å². The second-order valence-electron chi connectivity index (χ2n) is 4.64. The Balaban J connectivity index is 2.22. The lowest BCUT2D eigenvalue weighted by Gasteiger charge is -2.26. The Kier molecular flexibility index (Phi) is 3.52. The van der Waals surface area contributed by atoms with Gasteiger partial charge in [0.2, 0.25) is 0 Å². The van der Waals surface area contributed by atoms with Gasteiger partial charge in [-0.05, 0) is 37.0 Å². The highest BCUT2D eigenvalue weighted by Crippen LogP contribution is 2.30. The van der Waals surface area contributed by atoms with Gasteiger partial charge in [-0.15, -0.1) is 0 Å². The van der Waals surface area contributed by atoms with E-state index in [9.17, 15) is 14.3 Å². The first-order chi connectivity index (χ1) is 8.50. The van der Waals surface area contributed by atoms with Gasteiger partial charge in [0.15, 0.2) is 0 Å². The van der Waals surface area contributed by atoms with Crippen LogP contribution in [0, 0.1) is 12.7 Å². The molecular weight excluding hydrogens is 237 g/mol. The molecule has 0 saturated carbocycles. The molecule has 1 aromatic rings. The van der Waals surface area contributed by atoms with Crippen LogP contribution in [0.1, 0.15) is 30.1 Å². The molecule has 5 heteroatoms. The second kappa shape index (κ2) is 4.94. The number of amides is 1. The molecule has 98 valence electrons. The predicted octanol–water partition coefficient (Wildman–Crippen LogP) is 2.31. The summed E-state index contributed by atoms with van der Waals surface area (Å²) >= 11 is 0. The van der Waals surface area contributed by atoms with Gasteiger partial charge in [0.1, 0.15) is 5.82 Å². The average molecular weight is 253 g/mol. The molecule has 1 unspecified atom stereocenters. The minimum absolute atomic E-state index is 0.383. The molecule has 18 heavy (non-hydrogen) atoms. The van der Waals surface area contributed by atoms with Gasteiger partial charge in [-0.2, -0.15) is 0 Å². The zero-order valence-corrected chi connectivity index (χ0v) is 10.1. The molecule has 1 saturated heterocycles. The number of aliphatic hydroxyl groups excluding tert-OH is 1. The van der Waals surface area contributed by atoms with E-state index in [-0.39, 0.29) is 5.82 Å². The summed E-state index contributed by atoms with van der Waals surface area (Å²) in [5.41, 5.74) is 0.934. The summed E-state index contributed by atoms with van der Waals surface area (Å²) < 4.78 is 13.4. The van der Waals surface area contributed by atoms with Gasteiger partial charge in [0.25, 0.3) is 0 Å². The number of rotatable bonds is 2. The summed E-state index contributed by atoms with van der Waals surface area (Å²) in [4.78, 5) is 12.2. The van der Waals surface area contributed by atoms with Crippen molar-refractivity contribution >= 4 is 6.09 Å². The third-order valence-electron chi connectivity index (χ3n) is 3.45. The normalized spacial score (nSPS) is 21.1. The van der Waals surface area contributed by atoms with E-state index < -0.39 is 18.2 Å². The van der Waals surface area contributed by atoms with Crippen molar-refractivity contribution in [3.05, 3.63) is 35.1 Å². The molecule has 2 rings (SSSR count). The van der Waals surface area contributed by atoms with Crippen LogP contribution in [-0.4, -0.2) is 33.8 Å². The Morgan fingerprint density at radius 2 is 2.28 bits per heavy atom. The van der Waals surface area contributed by atoms with Gasteiger partial charge in [-0.1, -0.05) is 12.1 Å². The number of likely N-dealkylation sites (tertiary alicyclic amines) is 1. The van der Waals surface area contributed by atoms with Gasteiger partial charge in [0, 0.05) is 6.54 Å². The molecule has 1 aromatic carbocycles. The van der Waals surface area contributed by atoms with Gasteiger partial charge < -0.3 is 15.1 Å². The van der Waals surface area contributed by atoms with Crippen molar-refractivity contribution in [2.75, 3.05) is 6.54 Å². The highest BCUT2D eigenvalue weighted by molar-refractivity contribution is 5.66. The number of hydrogen-bond acceptors (Lipinski definition) is 2. The Bertz CT molecular complexity index is 464. The molecule has 0 aromatic heterocycles. The quantitative estimate of drug-likeness (QED) is 0.850. The van der Waals surface area contributed by atoms with Gasteiger partial charge in [0.05, 0.1) is 12.1 Å². The number of carbonyl (C=O) groups is 1. The zero-order valence-electron chi connectivity index (χ0n) is 10.1. The third kappa shape index (κ3) is 2.31. The maximum atomic E-state index is 13.4. The summed E-state index contributed by atoms with van der Waals surface area (Å²) in [6, 6.07) is 4.03. The van der Waals surface area contributed by atoms with E-state index in [0.717, 1.165) is 6.42 Å². The Labute approximate surface area is 105 Å². The number of aliphatic hydroxyl groups is 1. The molecule has 2 N–H and O–H groups in total. The van der Waals surface area contributed by atoms with Crippen LogP contribution in [0.25, 0.3) is 0 Å². The van der Waals surface area contributed by atoms with Crippen molar-refractivity contribution in [2.24, 2.45) is 0 Å². The molecule has 1 aliphatic rings. The number of hydrogen-bond donors (Lipinski definition) is 2. The molecule has 0 radical (unpaired) electrons. The number of halogens is 1. The van der Waals surface area contributed by atoms with Crippen molar-refractivity contribution in [3.8, 4) is 0 Å². The molecule has 1 aliphatic heterocycles. The van der Waals surface area contributed by atoms with E-state index in [1.165, 1.54) is 11.0 Å². The summed E-state index contributed by atoms with van der Waals surface area (Å²) in [5, 5.41) is 19.2. The highest BCUT2D eigenvalue weighted by atomic mass is 19.1. The lowest BCUT2D eigenvalue weighted by atomic mass is 9.99. The summed E-state index contributed by atoms with van der Waals surface area (Å²) in [5.74, 6) is -0.383. The van der Waals surface area contributed by atoms with Crippen molar-refractivity contribution in [3.63, 3.8) is 0 Å². The van der Waals surface area contributed by atoms with E-state index in [2.05, 4.69) is 0 Å². The van der Waals surface area contributed by atoms with E-state index >= 15 is 0 Å². The minimum Gasteiger partial charge on any atom is -0.465 e. The fourth-order valence-corrected chi connectivity index (χ4v) is 2.37. The van der Waals surface area contributed by atoms with Crippen LogP contribution in [0.5, 0.6) is 0 Å². The van der Waals surface area contributed by atoms with Gasteiger partial charge in [-0.3, -0.25) is 0 Å². The van der Waals surface area contributed by atoms with Crippen molar-refractivity contribution < 1.29 is 19.4 Å². The first kappa shape index (κ1) is 12.8. The SMILES string of the molecule is Cc1ccc(C(O)[C@@H]2CCCN2C(=O)O)cc1F. The fourth-order valence-electron chi connectivity index (χ4n) is 2.37. The van der Waals surface area contributed by atoms with Crippen LogP contribution >= 0.6 is 0 Å². The third-order valence-corrected chi connectivity index (χ3v) is 3.45. The highest BCUT2D eigenvalue weighted by Gasteiger charge is 2.34. The summed E-state index contributed by atoms with van der Waals surface area (Å²) in [6.45, 7) is 2.07. The number of nitrogens with zero attached hydrogens (tertiary/aromatic N) is 1. The standard InChI is InChI=1S/C13H16FNO3/c1-8-4-5-9(7-10(8)14)12(16)11-3-2-6-15(11)13(17)18/h4-5,7,11-12,16H,2-3,6H2,1H3,(H,17,18)/t11-,12?/m0/s1. The maximum absolute atomic E-state index is 13.4. The predicted molar refractivity (Wildman–Crippen MR) is 63.8 cm³/mol. The van der Waals surface area contributed by atoms with Crippen molar-refractivity contribution in [1.29, 1.82) is 0 Å². The van der Waals surface area contributed by atoms with Crippen molar-refractivity contribution in [2.45, 2.75) is 31.9 Å². The molecule has 0 aliphatic carbocycles. The Morgan fingerprint density at radius 3 is 2.89 bits per heavy atom. The monoisotopic (exact) mass is 253 g/mol. The molecule has 2 atom stereocenters. The molecule has 4 nitrogen and oxygen atoms in total. The number of carboxylic acid groups (broad SMARTS) is 1. The van der Waals surface area contributed by atoms with Crippen LogP contribution in [-0.2, 0) is 0 Å². The zero-order chi connectivity index (χ0) is 13.3. The van der Waals surface area contributed by atoms with Crippen LogP contribution in [0.15, 0.2) is 18.2 Å². The molecule has 1 fully saturated rings. The number of aryl methyl sites for hydroxylation is 1. The van der Waals surface area contributed by atoms with Gasteiger partial charge >= 0.3 is 6.09 Å². The maximum Gasteiger partial charge on any atom is 0.407 e. The molecule has 1 amide bonds. The Hall–Kier alpha value is -1.62. The Morgan fingerprint density at radius 1 is 1.56 bits per heavy atom. The smallest absolute Gasteiger partial charge is 0.407 e. The fraction of sp³-hybridized carbons (Fsp3) is 0.462. The molecule has 0 bridgehead atoms. The topological polar surface area (TPSA) is 60.8 Å². The van der Waals surface area contributed by atoms with Crippen LogP contribution in [0.2, 0.25) is 0 Å². The van der Waals surface area contributed by atoms with Gasteiger partial charge in [-0.25, -0.2) is 9.18 Å². The second-order valence-corrected chi connectivity index (χ2v) is 4.64. The first-order valence-corrected chi connectivity index (χ1v) is 5.94. The van der Waals surface area contributed by atoms with Crippen LogP contribution in [0.3, 0.4) is 0 Å². The molecular formula is C13H16FNO3. The minimum atomic E-state index is -1.04. The largest absolute Gasteiger partial charge is 0.465 e. The molecule has 0 spiro atoms. The van der Waals surface area contributed by atoms with E-state index in [1.807, 2.05) is 0 Å². The number of benzene rings is 1. The first-order valence-electron chi connectivity index (χ1n) is 5.94. The lowest BCUT2D eigenvalue weighted by Crippen LogP contribution is -2.38. The van der Waals surface area contributed by atoms with E-state index in [0.29, 0.717) is 24.1 Å². The average Bonchev–Trinajstić information content (AvgIpc) is 2.81. The van der Waals surface area contributed by atoms with E-state index in [4.69, 9.17) is 5.11 Å². The van der Waals surface area contributed by atoms with Crippen LogP contribution in [0.4, 0.5) is 9.18 Å². The lowest BCUT2D eigenvalue weighted by molar-refractivity contribution is 0.0675.